The topological polar surface area (TPSA) is 77.8 Å². The van der Waals surface area contributed by atoms with E-state index in [9.17, 15) is 9.59 Å². The fourth-order valence-corrected chi connectivity index (χ4v) is 0.764. The van der Waals surface area contributed by atoms with Gasteiger partial charge in [-0.05, 0) is 6.54 Å². The van der Waals surface area contributed by atoms with E-state index in [1.165, 1.54) is 6.20 Å². The number of hydrogen-bond donors (Lipinski definition) is 3. The van der Waals surface area contributed by atoms with Gasteiger partial charge in [0.1, 0.15) is 5.69 Å². The molecule has 0 atom stereocenters. The Kier molecular flexibility index (Phi) is 5.91. The molecule has 1 heterocycles. The normalized spacial score (nSPS) is 9.00. The van der Waals surface area contributed by atoms with E-state index < -0.39 is 11.2 Å². The third-order valence-electron chi connectivity index (χ3n) is 1.31. The van der Waals surface area contributed by atoms with Crippen molar-refractivity contribution in [3.05, 3.63) is 34.0 Å². The molecule has 0 aliphatic carbocycles. The summed E-state index contributed by atoms with van der Waals surface area (Å²) in [4.78, 5) is 26.0. The van der Waals surface area contributed by atoms with Gasteiger partial charge in [-0.2, -0.15) is 6.42 Å². The molecule has 0 aliphatic heterocycles. The van der Waals surface area contributed by atoms with E-state index in [0.717, 1.165) is 0 Å². The van der Waals surface area contributed by atoms with E-state index in [2.05, 4.69) is 22.2 Å². The molecule has 69 valence electrons. The van der Waals surface area contributed by atoms with E-state index in [1.54, 1.807) is 0 Å². The predicted molar refractivity (Wildman–Crippen MR) is 46.1 cm³/mol. The maximum atomic E-state index is 11.0. The molecule has 0 aromatic carbocycles. The van der Waals surface area contributed by atoms with Crippen molar-refractivity contribution in [3.8, 4) is 0 Å². The van der Waals surface area contributed by atoms with Gasteiger partial charge in [0, 0.05) is 38.9 Å². The zero-order chi connectivity index (χ0) is 8.97. The van der Waals surface area contributed by atoms with Crippen LogP contribution in [-0.4, -0.2) is 16.5 Å². The molecule has 0 bridgehead atoms. The Balaban J connectivity index is 0.00000144. The van der Waals surface area contributed by atoms with Crippen LogP contribution in [0.3, 0.4) is 0 Å². The van der Waals surface area contributed by atoms with Crippen molar-refractivity contribution in [2.45, 2.75) is 6.42 Å². The number of H-pyrrole nitrogens is 2. The van der Waals surface area contributed by atoms with Crippen LogP contribution in [0.1, 0.15) is 6.42 Å². The van der Waals surface area contributed by atoms with Crippen LogP contribution in [0.2, 0.25) is 0 Å². The van der Waals surface area contributed by atoms with Crippen LogP contribution in [0.25, 0.3) is 0 Å². The third kappa shape index (κ3) is 3.87. The summed E-state index contributed by atoms with van der Waals surface area (Å²) in [5.41, 5.74) is -0.550. The summed E-state index contributed by atoms with van der Waals surface area (Å²) in [6.45, 7) is 4.21. The molecule has 5 nitrogen and oxygen atoms in total. The molecular weight excluding hydrogens is 247 g/mol. The molecule has 1 aromatic heterocycles. The molecule has 1 radical (unpaired) electrons. The molecule has 0 aliphatic rings. The SMILES string of the molecule is [CH2-]CCNc1c[nH]c(=O)[nH]c1=O.[Y]. The van der Waals surface area contributed by atoms with Gasteiger partial charge in [-0.3, -0.25) is 9.78 Å². The number of nitrogens with one attached hydrogen (secondary N) is 3. The van der Waals surface area contributed by atoms with Crippen LogP contribution in [0.15, 0.2) is 15.8 Å². The van der Waals surface area contributed by atoms with Crippen LogP contribution in [0, 0.1) is 6.92 Å². The summed E-state index contributed by atoms with van der Waals surface area (Å²) in [6, 6.07) is 0. The van der Waals surface area contributed by atoms with Crippen molar-refractivity contribution in [2.24, 2.45) is 0 Å². The van der Waals surface area contributed by atoms with E-state index in [0.29, 0.717) is 18.7 Å². The molecule has 0 saturated carbocycles. The summed E-state index contributed by atoms with van der Waals surface area (Å²) in [6.07, 6.45) is 2.02. The maximum absolute atomic E-state index is 11.0. The molecule has 0 unspecified atom stereocenters. The number of anilines is 1. The number of aromatic amines is 2. The van der Waals surface area contributed by atoms with Crippen LogP contribution in [0.4, 0.5) is 5.69 Å². The average Bonchev–Trinajstić information content (AvgIpc) is 2.03. The molecule has 0 spiro atoms. The second-order valence-electron chi connectivity index (χ2n) is 2.27. The van der Waals surface area contributed by atoms with Crippen LogP contribution >= 0.6 is 0 Å². The zero-order valence-electron chi connectivity index (χ0n) is 7.09. The van der Waals surface area contributed by atoms with Crippen LogP contribution in [0.5, 0.6) is 0 Å². The number of aromatic nitrogens is 2. The summed E-state index contributed by atoms with van der Waals surface area (Å²) >= 11 is 0. The van der Waals surface area contributed by atoms with Gasteiger partial charge in [-0.15, -0.1) is 0 Å². The quantitative estimate of drug-likeness (QED) is 0.650. The second-order valence-corrected chi connectivity index (χ2v) is 2.27. The Labute approximate surface area is 100 Å². The number of rotatable bonds is 3. The van der Waals surface area contributed by atoms with E-state index in [4.69, 9.17) is 0 Å². The largest absolute Gasteiger partial charge is 0.382 e. The Morgan fingerprint density at radius 3 is 2.69 bits per heavy atom. The van der Waals surface area contributed by atoms with Gasteiger partial charge in [-0.25, -0.2) is 4.79 Å². The van der Waals surface area contributed by atoms with Crippen molar-refractivity contribution >= 4 is 5.69 Å². The average molecular weight is 257 g/mol. The monoisotopic (exact) mass is 257 g/mol. The fraction of sp³-hybridized carbons (Fsp3) is 0.286. The van der Waals surface area contributed by atoms with Gasteiger partial charge in [-0.1, -0.05) is 0 Å². The first-order valence-electron chi connectivity index (χ1n) is 3.59. The van der Waals surface area contributed by atoms with Crippen molar-refractivity contribution in [1.29, 1.82) is 0 Å². The summed E-state index contributed by atoms with van der Waals surface area (Å²) in [5.74, 6) is 0. The Morgan fingerprint density at radius 2 is 2.15 bits per heavy atom. The first kappa shape index (κ1) is 12.6. The zero-order valence-corrected chi connectivity index (χ0v) is 9.93. The predicted octanol–water partition coefficient (Wildman–Crippen LogP) is -0.303. The molecule has 0 saturated heterocycles. The third-order valence-corrected chi connectivity index (χ3v) is 1.31. The molecule has 6 heteroatoms. The van der Waals surface area contributed by atoms with E-state index >= 15 is 0 Å². The molecule has 1 aromatic rings. The molecule has 3 N–H and O–H groups in total. The minimum Gasteiger partial charge on any atom is -0.382 e. The fourth-order valence-electron chi connectivity index (χ4n) is 0.764. The molecule has 13 heavy (non-hydrogen) atoms. The Bertz CT molecular complexity index is 357. The van der Waals surface area contributed by atoms with Gasteiger partial charge in [0.15, 0.2) is 0 Å². The van der Waals surface area contributed by atoms with Crippen molar-refractivity contribution in [2.75, 3.05) is 11.9 Å². The Hall–Kier alpha value is -0.416. The van der Waals surface area contributed by atoms with E-state index in [1.807, 2.05) is 0 Å². The first-order valence-corrected chi connectivity index (χ1v) is 3.59. The molecular formula is C7H10N3O2Y-. The van der Waals surface area contributed by atoms with Crippen LogP contribution < -0.4 is 16.6 Å². The van der Waals surface area contributed by atoms with Gasteiger partial charge in [0.25, 0.3) is 5.56 Å². The molecule has 0 amide bonds. The standard InChI is InChI=1S/C7H10N3O2.Y/c1-2-3-8-5-4-9-7(12)10-6(5)11;/h4,8H,1-3H2,(H2,9,10,11,12);/q-1;. The number of hydrogen-bond acceptors (Lipinski definition) is 3. The Morgan fingerprint density at radius 1 is 1.46 bits per heavy atom. The van der Waals surface area contributed by atoms with Gasteiger partial charge in [0.05, 0.1) is 0 Å². The molecule has 0 fully saturated rings. The minimum absolute atomic E-state index is 0. The minimum atomic E-state index is -0.500. The smallest absolute Gasteiger partial charge is 0.325 e. The van der Waals surface area contributed by atoms with Crippen molar-refractivity contribution in [3.63, 3.8) is 0 Å². The van der Waals surface area contributed by atoms with Gasteiger partial charge >= 0.3 is 5.69 Å². The summed E-state index contributed by atoms with van der Waals surface area (Å²) in [7, 11) is 0. The first-order chi connectivity index (χ1) is 5.74. The van der Waals surface area contributed by atoms with E-state index in [-0.39, 0.29) is 32.7 Å². The van der Waals surface area contributed by atoms with Crippen molar-refractivity contribution < 1.29 is 32.7 Å². The maximum Gasteiger partial charge on any atom is 0.325 e. The molecule has 1 rings (SSSR count). The summed E-state index contributed by atoms with van der Waals surface area (Å²) in [5, 5.41) is 2.81. The van der Waals surface area contributed by atoms with Gasteiger partial charge < -0.3 is 17.2 Å². The second kappa shape index (κ2) is 6.10. The van der Waals surface area contributed by atoms with Crippen molar-refractivity contribution in [1.82, 2.24) is 9.97 Å². The van der Waals surface area contributed by atoms with Gasteiger partial charge in [0.2, 0.25) is 0 Å². The van der Waals surface area contributed by atoms with Crippen LogP contribution in [-0.2, 0) is 32.7 Å². The summed E-state index contributed by atoms with van der Waals surface area (Å²) < 4.78 is 0.